The molecule has 7 heteroatoms. The first-order chi connectivity index (χ1) is 6.95. The number of halogens is 4. The van der Waals surface area contributed by atoms with Gasteiger partial charge in [-0.05, 0) is 6.07 Å². The normalized spacial score (nSPS) is 14.8. The second-order valence-electron chi connectivity index (χ2n) is 2.80. The maximum atomic E-state index is 13.0. The molecule has 0 saturated heterocycles. The van der Waals surface area contributed by atoms with Crippen molar-refractivity contribution in [1.82, 2.24) is 5.12 Å². The lowest BCUT2D eigenvalue weighted by Crippen LogP contribution is -2.19. The van der Waals surface area contributed by atoms with E-state index in [-0.39, 0.29) is 6.07 Å². The number of benzene rings is 1. The second kappa shape index (κ2) is 2.78. The summed E-state index contributed by atoms with van der Waals surface area (Å²) in [6, 6.07) is 0.285. The van der Waals surface area contributed by atoms with Crippen molar-refractivity contribution in [2.24, 2.45) is 0 Å². The highest BCUT2D eigenvalue weighted by Gasteiger charge is 2.41. The van der Waals surface area contributed by atoms with Gasteiger partial charge < -0.3 is 0 Å². The zero-order valence-corrected chi connectivity index (χ0v) is 6.85. The Labute approximate surface area is 79.8 Å². The fourth-order valence-electron chi connectivity index (χ4n) is 1.27. The van der Waals surface area contributed by atoms with Crippen molar-refractivity contribution in [2.45, 2.75) is 0 Å². The Hall–Kier alpha value is -1.92. The molecule has 15 heavy (non-hydrogen) atoms. The molecule has 2 amide bonds. The zero-order valence-electron chi connectivity index (χ0n) is 6.85. The van der Waals surface area contributed by atoms with Gasteiger partial charge in [-0.15, -0.1) is 5.12 Å². The number of carbonyl (C=O) groups excluding carboxylic acids is 2. The van der Waals surface area contributed by atoms with E-state index in [1.807, 2.05) is 0 Å². The van der Waals surface area contributed by atoms with Gasteiger partial charge in [0, 0.05) is 0 Å². The van der Waals surface area contributed by atoms with Gasteiger partial charge in [-0.1, -0.05) is 4.48 Å². The van der Waals surface area contributed by atoms with Crippen LogP contribution in [0, 0.1) is 17.5 Å². The maximum absolute atomic E-state index is 13.0. The lowest BCUT2D eigenvalue weighted by molar-refractivity contribution is 0.0228. The van der Waals surface area contributed by atoms with Crippen molar-refractivity contribution in [1.29, 1.82) is 0 Å². The number of hydrogen-bond acceptors (Lipinski definition) is 2. The molecule has 0 spiro atoms. The average molecular weight is 219 g/mol. The van der Waals surface area contributed by atoms with Crippen molar-refractivity contribution >= 4 is 11.8 Å². The molecular formula is C8HF4NO2. The van der Waals surface area contributed by atoms with Crippen molar-refractivity contribution < 1.29 is 27.2 Å². The third kappa shape index (κ3) is 1.06. The number of rotatable bonds is 0. The van der Waals surface area contributed by atoms with E-state index in [4.69, 9.17) is 0 Å². The van der Waals surface area contributed by atoms with Crippen molar-refractivity contribution in [2.75, 3.05) is 0 Å². The maximum Gasteiger partial charge on any atom is 0.293 e. The summed E-state index contributed by atoms with van der Waals surface area (Å²) in [7, 11) is 0. The van der Waals surface area contributed by atoms with Gasteiger partial charge in [-0.25, -0.2) is 13.2 Å². The van der Waals surface area contributed by atoms with Gasteiger partial charge in [-0.2, -0.15) is 0 Å². The fraction of sp³-hybridized carbons (Fsp3) is 0. The molecule has 1 aromatic rings. The molecule has 0 N–H and O–H groups in total. The van der Waals surface area contributed by atoms with Crippen LogP contribution in [0.2, 0.25) is 0 Å². The Morgan fingerprint density at radius 2 is 1.60 bits per heavy atom. The van der Waals surface area contributed by atoms with Crippen LogP contribution in [0.25, 0.3) is 0 Å². The highest BCUT2D eigenvalue weighted by atomic mass is 19.2. The van der Waals surface area contributed by atoms with E-state index in [0.29, 0.717) is 0 Å². The highest BCUT2D eigenvalue weighted by Crippen LogP contribution is 2.28. The summed E-state index contributed by atoms with van der Waals surface area (Å²) in [5.41, 5.74) is -1.90. The lowest BCUT2D eigenvalue weighted by Gasteiger charge is -1.98. The molecule has 0 unspecified atom stereocenters. The Kier molecular flexibility index (Phi) is 1.79. The van der Waals surface area contributed by atoms with E-state index in [0.717, 1.165) is 0 Å². The van der Waals surface area contributed by atoms with Crippen LogP contribution in [0.15, 0.2) is 6.07 Å². The number of carbonyl (C=O) groups is 2. The van der Waals surface area contributed by atoms with Crippen LogP contribution >= 0.6 is 0 Å². The smallest absolute Gasteiger partial charge is 0.266 e. The Morgan fingerprint density at radius 1 is 1.00 bits per heavy atom. The summed E-state index contributed by atoms with van der Waals surface area (Å²) < 4.78 is 51.0. The van der Waals surface area contributed by atoms with Crippen LogP contribution in [0.3, 0.4) is 0 Å². The molecule has 0 saturated carbocycles. The minimum atomic E-state index is -1.91. The molecule has 0 bridgehead atoms. The van der Waals surface area contributed by atoms with E-state index in [1.165, 1.54) is 0 Å². The highest BCUT2D eigenvalue weighted by molar-refractivity contribution is 6.20. The third-order valence-corrected chi connectivity index (χ3v) is 1.96. The fourth-order valence-corrected chi connectivity index (χ4v) is 1.27. The summed E-state index contributed by atoms with van der Waals surface area (Å²) in [6.45, 7) is 0. The van der Waals surface area contributed by atoms with E-state index in [2.05, 4.69) is 0 Å². The number of imide groups is 1. The number of fused-ring (bicyclic) bond motifs is 1. The number of hydrogen-bond donors (Lipinski definition) is 0. The van der Waals surface area contributed by atoms with Crippen LogP contribution in [-0.4, -0.2) is 16.9 Å². The third-order valence-electron chi connectivity index (χ3n) is 1.96. The van der Waals surface area contributed by atoms with Crippen LogP contribution in [0.5, 0.6) is 0 Å². The molecule has 0 fully saturated rings. The topological polar surface area (TPSA) is 37.4 Å². The SMILES string of the molecule is O=C1c2cc(F)c(F)c(F)c2C(=O)N1F. The van der Waals surface area contributed by atoms with Crippen molar-refractivity contribution in [3.8, 4) is 0 Å². The monoisotopic (exact) mass is 219 g/mol. The molecule has 0 atom stereocenters. The van der Waals surface area contributed by atoms with Gasteiger partial charge in [-0.3, -0.25) is 9.59 Å². The molecule has 1 heterocycles. The van der Waals surface area contributed by atoms with E-state index >= 15 is 0 Å². The van der Waals surface area contributed by atoms with Gasteiger partial charge >= 0.3 is 0 Å². The van der Waals surface area contributed by atoms with Crippen LogP contribution < -0.4 is 0 Å². The minimum absolute atomic E-state index is 0.285. The van der Waals surface area contributed by atoms with E-state index in [9.17, 15) is 27.2 Å². The van der Waals surface area contributed by atoms with Gasteiger partial charge in [0.15, 0.2) is 17.5 Å². The van der Waals surface area contributed by atoms with Crippen molar-refractivity contribution in [3.63, 3.8) is 0 Å². The first-order valence-electron chi connectivity index (χ1n) is 3.67. The van der Waals surface area contributed by atoms with Gasteiger partial charge in [0.2, 0.25) is 0 Å². The molecule has 78 valence electrons. The Morgan fingerprint density at radius 3 is 2.20 bits per heavy atom. The minimum Gasteiger partial charge on any atom is -0.266 e. The average Bonchev–Trinajstić information content (AvgIpc) is 2.40. The van der Waals surface area contributed by atoms with E-state index < -0.39 is 45.5 Å². The lowest BCUT2D eigenvalue weighted by atomic mass is 10.1. The molecule has 0 aliphatic carbocycles. The first kappa shape index (κ1) is 9.63. The molecule has 1 aromatic carbocycles. The van der Waals surface area contributed by atoms with Gasteiger partial charge in [0.05, 0.1) is 11.1 Å². The van der Waals surface area contributed by atoms with Crippen molar-refractivity contribution in [3.05, 3.63) is 34.6 Å². The molecule has 0 radical (unpaired) electrons. The zero-order chi connectivity index (χ0) is 11.3. The predicted octanol–water partition coefficient (Wildman–Crippen LogP) is 1.58. The largest absolute Gasteiger partial charge is 0.293 e. The molecule has 0 aromatic heterocycles. The molecule has 2 rings (SSSR count). The summed E-state index contributed by atoms with van der Waals surface area (Å²) in [6.07, 6.45) is 0. The predicted molar refractivity (Wildman–Crippen MR) is 37.9 cm³/mol. The summed E-state index contributed by atoms with van der Waals surface area (Å²) >= 11 is 0. The molecular weight excluding hydrogens is 218 g/mol. The van der Waals surface area contributed by atoms with Gasteiger partial charge in [0.25, 0.3) is 11.8 Å². The van der Waals surface area contributed by atoms with Crippen LogP contribution in [-0.2, 0) is 0 Å². The molecule has 1 aliphatic rings. The summed E-state index contributed by atoms with van der Waals surface area (Å²) in [5, 5.41) is -0.896. The van der Waals surface area contributed by atoms with Crippen LogP contribution in [0.4, 0.5) is 17.7 Å². The van der Waals surface area contributed by atoms with Gasteiger partial charge in [0.1, 0.15) is 0 Å². The second-order valence-corrected chi connectivity index (χ2v) is 2.80. The Bertz CT molecular complexity index is 500. The molecule has 1 aliphatic heterocycles. The number of nitrogens with zero attached hydrogens (tertiary/aromatic N) is 1. The molecule has 3 nitrogen and oxygen atoms in total. The number of amides is 2. The first-order valence-corrected chi connectivity index (χ1v) is 3.67. The quantitative estimate of drug-likeness (QED) is 0.287. The standard InChI is InChI=1S/C8HF4NO2/c9-3-1-2-4(6(11)5(3)10)8(15)13(12)7(2)14/h1H. The summed E-state index contributed by atoms with van der Waals surface area (Å²) in [4.78, 5) is 21.8. The summed E-state index contributed by atoms with van der Waals surface area (Å²) in [5.74, 6) is -8.56. The Balaban J connectivity index is 2.81. The van der Waals surface area contributed by atoms with E-state index in [1.54, 1.807) is 0 Å². The van der Waals surface area contributed by atoms with Crippen LogP contribution in [0.1, 0.15) is 20.7 Å².